The predicted octanol–water partition coefficient (Wildman–Crippen LogP) is 2.32. The van der Waals surface area contributed by atoms with Gasteiger partial charge in [-0.3, -0.25) is 4.79 Å². The first kappa shape index (κ1) is 15.0. The molecule has 1 atom stereocenters. The molecule has 1 heterocycles. The van der Waals surface area contributed by atoms with Gasteiger partial charge in [0, 0.05) is 18.8 Å². The molecule has 0 aliphatic carbocycles. The van der Waals surface area contributed by atoms with Crippen LogP contribution in [0.3, 0.4) is 0 Å². The number of amides is 1. The quantitative estimate of drug-likeness (QED) is 0.867. The van der Waals surface area contributed by atoms with Crippen molar-refractivity contribution in [3.05, 3.63) is 28.8 Å². The Morgan fingerprint density at radius 2 is 2.00 bits per heavy atom. The van der Waals surface area contributed by atoms with Crippen LogP contribution in [0.1, 0.15) is 29.5 Å². The van der Waals surface area contributed by atoms with E-state index in [1.54, 1.807) is 0 Å². The van der Waals surface area contributed by atoms with Crippen LogP contribution in [-0.2, 0) is 9.53 Å². The van der Waals surface area contributed by atoms with E-state index in [1.165, 1.54) is 5.56 Å². The molecule has 1 aromatic carbocycles. The van der Waals surface area contributed by atoms with Crippen molar-refractivity contribution in [2.24, 2.45) is 0 Å². The number of ether oxygens (including phenoxy) is 1. The van der Waals surface area contributed by atoms with Crippen LogP contribution in [-0.4, -0.2) is 31.7 Å². The van der Waals surface area contributed by atoms with Gasteiger partial charge in [-0.25, -0.2) is 0 Å². The lowest BCUT2D eigenvalue weighted by Crippen LogP contribution is -2.33. The minimum absolute atomic E-state index is 0.00181. The fourth-order valence-electron chi connectivity index (χ4n) is 2.71. The van der Waals surface area contributed by atoms with Gasteiger partial charge in [0.15, 0.2) is 0 Å². The molecule has 110 valence electrons. The average Bonchev–Trinajstić information content (AvgIpc) is 2.87. The molecule has 4 nitrogen and oxygen atoms in total. The van der Waals surface area contributed by atoms with Crippen LogP contribution in [0.2, 0.25) is 0 Å². The lowest BCUT2D eigenvalue weighted by Gasteiger charge is -2.14. The van der Waals surface area contributed by atoms with Crippen molar-refractivity contribution in [3.8, 4) is 0 Å². The van der Waals surface area contributed by atoms with E-state index in [2.05, 4.69) is 29.7 Å². The van der Waals surface area contributed by atoms with Gasteiger partial charge in [-0.1, -0.05) is 17.7 Å². The SMILES string of the molecule is Cc1cc(C)c(NC(=O)CNCC2CCCO2)c(C)c1. The summed E-state index contributed by atoms with van der Waals surface area (Å²) in [7, 11) is 0. The highest BCUT2D eigenvalue weighted by Gasteiger charge is 2.15. The Hall–Kier alpha value is -1.39. The molecule has 0 spiro atoms. The van der Waals surface area contributed by atoms with Gasteiger partial charge < -0.3 is 15.4 Å². The second kappa shape index (κ2) is 6.86. The van der Waals surface area contributed by atoms with Crippen LogP contribution in [0, 0.1) is 20.8 Å². The molecule has 4 heteroatoms. The molecule has 1 fully saturated rings. The topological polar surface area (TPSA) is 50.4 Å². The van der Waals surface area contributed by atoms with Crippen molar-refractivity contribution in [2.45, 2.75) is 39.7 Å². The summed E-state index contributed by atoms with van der Waals surface area (Å²) in [4.78, 5) is 12.0. The van der Waals surface area contributed by atoms with Crippen molar-refractivity contribution in [2.75, 3.05) is 25.0 Å². The van der Waals surface area contributed by atoms with E-state index in [0.29, 0.717) is 6.54 Å². The summed E-state index contributed by atoms with van der Waals surface area (Å²) in [6.45, 7) is 8.03. The molecule has 20 heavy (non-hydrogen) atoms. The molecule has 1 unspecified atom stereocenters. The minimum Gasteiger partial charge on any atom is -0.377 e. The highest BCUT2D eigenvalue weighted by atomic mass is 16.5. The molecule has 1 saturated heterocycles. The monoisotopic (exact) mass is 276 g/mol. The second-order valence-corrected chi connectivity index (χ2v) is 5.59. The van der Waals surface area contributed by atoms with Gasteiger partial charge in [-0.2, -0.15) is 0 Å². The number of nitrogens with one attached hydrogen (secondary N) is 2. The zero-order chi connectivity index (χ0) is 14.5. The first-order valence-electron chi connectivity index (χ1n) is 7.26. The molecule has 1 aliphatic heterocycles. The molecule has 1 aliphatic rings. The summed E-state index contributed by atoms with van der Waals surface area (Å²) in [6, 6.07) is 4.17. The average molecular weight is 276 g/mol. The van der Waals surface area contributed by atoms with E-state index in [0.717, 1.165) is 42.8 Å². The smallest absolute Gasteiger partial charge is 0.238 e. The number of benzene rings is 1. The fraction of sp³-hybridized carbons (Fsp3) is 0.562. The summed E-state index contributed by atoms with van der Waals surface area (Å²) in [5, 5.41) is 6.15. The number of rotatable bonds is 5. The maximum atomic E-state index is 12.0. The molecular formula is C16H24N2O2. The molecular weight excluding hydrogens is 252 g/mol. The van der Waals surface area contributed by atoms with Crippen LogP contribution in [0.4, 0.5) is 5.69 Å². The second-order valence-electron chi connectivity index (χ2n) is 5.59. The van der Waals surface area contributed by atoms with Crippen LogP contribution >= 0.6 is 0 Å². The van der Waals surface area contributed by atoms with Crippen LogP contribution in [0.15, 0.2) is 12.1 Å². The maximum Gasteiger partial charge on any atom is 0.238 e. The van der Waals surface area contributed by atoms with Crippen LogP contribution < -0.4 is 10.6 Å². The highest BCUT2D eigenvalue weighted by molar-refractivity contribution is 5.93. The molecule has 0 bridgehead atoms. The molecule has 2 N–H and O–H groups in total. The zero-order valence-electron chi connectivity index (χ0n) is 12.6. The predicted molar refractivity (Wildman–Crippen MR) is 81.1 cm³/mol. The van der Waals surface area contributed by atoms with E-state index in [-0.39, 0.29) is 12.0 Å². The van der Waals surface area contributed by atoms with E-state index >= 15 is 0 Å². The van der Waals surface area contributed by atoms with Crippen molar-refractivity contribution in [3.63, 3.8) is 0 Å². The summed E-state index contributed by atoms with van der Waals surface area (Å²) in [5.41, 5.74) is 4.36. The number of hydrogen-bond acceptors (Lipinski definition) is 3. The van der Waals surface area contributed by atoms with Gasteiger partial charge >= 0.3 is 0 Å². The Bertz CT molecular complexity index is 456. The molecule has 0 saturated carbocycles. The Morgan fingerprint density at radius 3 is 2.60 bits per heavy atom. The molecule has 0 radical (unpaired) electrons. The summed E-state index contributed by atoms with van der Waals surface area (Å²) in [5.74, 6) is -0.00181. The number of carbonyl (C=O) groups excluding carboxylic acids is 1. The van der Waals surface area contributed by atoms with Crippen molar-refractivity contribution in [1.29, 1.82) is 0 Å². The standard InChI is InChI=1S/C16H24N2O2/c1-11-7-12(2)16(13(3)8-11)18-15(19)10-17-9-14-5-4-6-20-14/h7-8,14,17H,4-6,9-10H2,1-3H3,(H,18,19). The van der Waals surface area contributed by atoms with Crippen LogP contribution in [0.25, 0.3) is 0 Å². The van der Waals surface area contributed by atoms with Crippen molar-refractivity contribution in [1.82, 2.24) is 5.32 Å². The molecule has 2 rings (SSSR count). The molecule has 1 aromatic rings. The Kier molecular flexibility index (Phi) is 5.15. The first-order chi connectivity index (χ1) is 9.56. The van der Waals surface area contributed by atoms with E-state index in [4.69, 9.17) is 4.74 Å². The number of aryl methyl sites for hydroxylation is 3. The summed E-state index contributed by atoms with van der Waals surface area (Å²) in [6.07, 6.45) is 2.48. The molecule has 0 aromatic heterocycles. The largest absolute Gasteiger partial charge is 0.377 e. The lowest BCUT2D eigenvalue weighted by molar-refractivity contribution is -0.115. The van der Waals surface area contributed by atoms with Gasteiger partial charge in [0.25, 0.3) is 0 Å². The van der Waals surface area contributed by atoms with Gasteiger partial charge in [0.1, 0.15) is 0 Å². The Labute approximate surface area is 120 Å². The summed E-state index contributed by atoms with van der Waals surface area (Å²) >= 11 is 0. The minimum atomic E-state index is -0.00181. The van der Waals surface area contributed by atoms with Gasteiger partial charge in [0.2, 0.25) is 5.91 Å². The normalized spacial score (nSPS) is 18.2. The zero-order valence-corrected chi connectivity index (χ0v) is 12.6. The Morgan fingerprint density at radius 1 is 1.30 bits per heavy atom. The third kappa shape index (κ3) is 4.05. The summed E-state index contributed by atoms with van der Waals surface area (Å²) < 4.78 is 5.51. The maximum absolute atomic E-state index is 12.0. The number of carbonyl (C=O) groups is 1. The van der Waals surface area contributed by atoms with E-state index in [9.17, 15) is 4.79 Å². The van der Waals surface area contributed by atoms with Gasteiger partial charge in [-0.05, 0) is 44.7 Å². The van der Waals surface area contributed by atoms with Crippen LogP contribution in [0.5, 0.6) is 0 Å². The lowest BCUT2D eigenvalue weighted by atomic mass is 10.1. The molecule has 1 amide bonds. The van der Waals surface area contributed by atoms with E-state index in [1.807, 2.05) is 13.8 Å². The first-order valence-corrected chi connectivity index (χ1v) is 7.26. The number of anilines is 1. The van der Waals surface area contributed by atoms with E-state index < -0.39 is 0 Å². The highest BCUT2D eigenvalue weighted by Crippen LogP contribution is 2.21. The number of hydrogen-bond donors (Lipinski definition) is 2. The van der Waals surface area contributed by atoms with Gasteiger partial charge in [-0.15, -0.1) is 0 Å². The van der Waals surface area contributed by atoms with Crippen molar-refractivity contribution < 1.29 is 9.53 Å². The Balaban J connectivity index is 1.82. The van der Waals surface area contributed by atoms with Crippen molar-refractivity contribution >= 4 is 11.6 Å². The van der Waals surface area contributed by atoms with Gasteiger partial charge in [0.05, 0.1) is 12.6 Å². The third-order valence-corrected chi connectivity index (χ3v) is 3.62. The third-order valence-electron chi connectivity index (χ3n) is 3.62. The fourth-order valence-corrected chi connectivity index (χ4v) is 2.71.